The second-order valence-electron chi connectivity index (χ2n) is 5.26. The molecule has 0 fully saturated rings. The molecule has 0 saturated carbocycles. The number of benzene rings is 1. The van der Waals surface area contributed by atoms with Gasteiger partial charge >= 0.3 is 0 Å². The normalized spacial score (nSPS) is 12.6. The van der Waals surface area contributed by atoms with Gasteiger partial charge in [-0.1, -0.05) is 32.7 Å². The highest BCUT2D eigenvalue weighted by atomic mass is 79.9. The summed E-state index contributed by atoms with van der Waals surface area (Å²) in [5, 5.41) is 8.99. The fraction of sp³-hybridized carbons (Fsp3) is 0.250. The van der Waals surface area contributed by atoms with Crippen molar-refractivity contribution in [1.82, 2.24) is 10.1 Å². The number of fused-ring (bicyclic) bond motifs is 1. The number of nitrogens with zero attached hydrogens (tertiary/aromatic N) is 2. The summed E-state index contributed by atoms with van der Waals surface area (Å²) in [6, 6.07) is 7.83. The average Bonchev–Trinajstić information content (AvgIpc) is 2.79. The molecule has 0 amide bonds. The predicted octanol–water partition coefficient (Wildman–Crippen LogP) is 5.43. The average molecular weight is 381 g/mol. The van der Waals surface area contributed by atoms with Gasteiger partial charge in [-0.2, -0.15) is 0 Å². The van der Waals surface area contributed by atoms with E-state index in [1.54, 1.807) is 0 Å². The van der Waals surface area contributed by atoms with E-state index in [0.717, 1.165) is 38.2 Å². The quantitative estimate of drug-likeness (QED) is 0.658. The zero-order chi connectivity index (χ0) is 15.9. The van der Waals surface area contributed by atoms with Gasteiger partial charge < -0.3 is 9.84 Å². The number of aryl methyl sites for hydroxylation is 2. The topological polar surface area (TPSA) is 51.0 Å². The Balaban J connectivity index is 1.94. The molecule has 3 aromatic rings. The van der Waals surface area contributed by atoms with Gasteiger partial charge in [0.25, 0.3) is 0 Å². The van der Waals surface area contributed by atoms with Gasteiger partial charge in [0.2, 0.25) is 0 Å². The summed E-state index contributed by atoms with van der Waals surface area (Å²) >= 11 is 9.71. The largest absolute Gasteiger partial charge is 0.363 e. The maximum atomic E-state index is 6.28. The van der Waals surface area contributed by atoms with Crippen LogP contribution in [0.1, 0.15) is 30.0 Å². The molecule has 2 heterocycles. The minimum absolute atomic E-state index is 0.0467. The summed E-state index contributed by atoms with van der Waals surface area (Å²) in [5.74, 6) is 1.59. The third-order valence-electron chi connectivity index (χ3n) is 3.60. The first-order valence-electron chi connectivity index (χ1n) is 6.91. The molecule has 0 bridgehead atoms. The third kappa shape index (κ3) is 2.83. The Labute approximate surface area is 142 Å². The van der Waals surface area contributed by atoms with Crippen LogP contribution in [0.4, 0.5) is 5.82 Å². The first kappa shape index (κ1) is 15.3. The van der Waals surface area contributed by atoms with Crippen LogP contribution in [0.5, 0.6) is 0 Å². The molecule has 1 unspecified atom stereocenters. The summed E-state index contributed by atoms with van der Waals surface area (Å²) in [5.41, 5.74) is 2.73. The number of rotatable bonds is 3. The van der Waals surface area contributed by atoms with E-state index < -0.39 is 0 Å². The van der Waals surface area contributed by atoms with E-state index in [2.05, 4.69) is 38.3 Å². The van der Waals surface area contributed by atoms with Crippen LogP contribution < -0.4 is 5.32 Å². The molecule has 0 aliphatic rings. The Morgan fingerprint density at radius 3 is 2.73 bits per heavy atom. The van der Waals surface area contributed by atoms with Crippen LogP contribution in [0.3, 0.4) is 0 Å². The number of hydrogen-bond acceptors (Lipinski definition) is 4. The highest BCUT2D eigenvalue weighted by molar-refractivity contribution is 9.10. The monoisotopic (exact) mass is 379 g/mol. The first-order chi connectivity index (χ1) is 10.5. The molecule has 114 valence electrons. The zero-order valence-corrected chi connectivity index (χ0v) is 14.8. The summed E-state index contributed by atoms with van der Waals surface area (Å²) in [4.78, 5) is 4.61. The molecule has 0 saturated heterocycles. The molecule has 3 rings (SSSR count). The number of pyridine rings is 1. The van der Waals surface area contributed by atoms with Gasteiger partial charge in [0.15, 0.2) is 0 Å². The minimum Gasteiger partial charge on any atom is -0.363 e. The van der Waals surface area contributed by atoms with Crippen molar-refractivity contribution in [2.24, 2.45) is 0 Å². The van der Waals surface area contributed by atoms with E-state index in [1.165, 1.54) is 0 Å². The van der Waals surface area contributed by atoms with E-state index in [0.29, 0.717) is 5.02 Å². The molecule has 22 heavy (non-hydrogen) atoms. The minimum atomic E-state index is 0.0467. The lowest BCUT2D eigenvalue weighted by atomic mass is 10.1. The molecule has 6 heteroatoms. The lowest BCUT2D eigenvalue weighted by Gasteiger charge is -2.15. The highest BCUT2D eigenvalue weighted by Crippen LogP contribution is 2.29. The van der Waals surface area contributed by atoms with Gasteiger partial charge in [0, 0.05) is 15.4 Å². The molecule has 1 N–H and O–H groups in total. The molecule has 0 spiro atoms. The molecular formula is C16H15BrClN3O. The lowest BCUT2D eigenvalue weighted by molar-refractivity contribution is 0.392. The number of anilines is 1. The van der Waals surface area contributed by atoms with Gasteiger partial charge in [-0.3, -0.25) is 0 Å². The second-order valence-corrected chi connectivity index (χ2v) is 6.58. The maximum Gasteiger partial charge on any atom is 0.139 e. The Hall–Kier alpha value is -1.59. The van der Waals surface area contributed by atoms with Gasteiger partial charge in [-0.25, -0.2) is 4.98 Å². The van der Waals surface area contributed by atoms with E-state index in [4.69, 9.17) is 16.1 Å². The number of aromatic nitrogens is 2. The number of hydrogen-bond donors (Lipinski definition) is 1. The third-order valence-corrected chi connectivity index (χ3v) is 4.34. The van der Waals surface area contributed by atoms with E-state index in [-0.39, 0.29) is 6.04 Å². The van der Waals surface area contributed by atoms with Crippen LogP contribution >= 0.6 is 27.5 Å². The number of nitrogens with one attached hydrogen (secondary N) is 1. The molecule has 4 nitrogen and oxygen atoms in total. The molecular weight excluding hydrogens is 366 g/mol. The van der Waals surface area contributed by atoms with Crippen molar-refractivity contribution in [3.05, 3.63) is 50.8 Å². The molecule has 0 aliphatic carbocycles. The summed E-state index contributed by atoms with van der Waals surface area (Å²) in [6.45, 7) is 5.91. The van der Waals surface area contributed by atoms with Crippen LogP contribution in [0, 0.1) is 13.8 Å². The van der Waals surface area contributed by atoms with Crippen LogP contribution in [-0.2, 0) is 0 Å². The van der Waals surface area contributed by atoms with Gasteiger partial charge in [0.1, 0.15) is 11.6 Å². The Morgan fingerprint density at radius 2 is 2.05 bits per heavy atom. The molecule has 1 aromatic carbocycles. The first-order valence-corrected chi connectivity index (χ1v) is 8.08. The van der Waals surface area contributed by atoms with Crippen molar-refractivity contribution in [3.63, 3.8) is 0 Å². The van der Waals surface area contributed by atoms with Crippen molar-refractivity contribution >= 4 is 44.3 Å². The van der Waals surface area contributed by atoms with Crippen LogP contribution in [0.15, 0.2) is 33.3 Å². The van der Waals surface area contributed by atoms with Crippen molar-refractivity contribution < 1.29 is 4.52 Å². The standard InChI is InChI=1S/C16H15BrClN3O/c1-8(15-9(2)21-22-10(15)3)19-14-5-4-11-6-12(17)7-13(18)16(11)20-14/h4-8H,1-3H3,(H,19,20). The van der Waals surface area contributed by atoms with Crippen molar-refractivity contribution in [1.29, 1.82) is 0 Å². The molecule has 2 aromatic heterocycles. The van der Waals surface area contributed by atoms with Crippen molar-refractivity contribution in [2.45, 2.75) is 26.8 Å². The lowest BCUT2D eigenvalue weighted by Crippen LogP contribution is -2.09. The van der Waals surface area contributed by atoms with Crippen molar-refractivity contribution in [2.75, 3.05) is 5.32 Å². The van der Waals surface area contributed by atoms with Gasteiger partial charge in [-0.15, -0.1) is 0 Å². The summed E-state index contributed by atoms with van der Waals surface area (Å²) in [6.07, 6.45) is 0. The fourth-order valence-corrected chi connectivity index (χ4v) is 3.52. The fourth-order valence-electron chi connectivity index (χ4n) is 2.64. The summed E-state index contributed by atoms with van der Waals surface area (Å²) < 4.78 is 6.16. The predicted molar refractivity (Wildman–Crippen MR) is 92.5 cm³/mol. The van der Waals surface area contributed by atoms with Crippen molar-refractivity contribution in [3.8, 4) is 0 Å². The molecule has 1 atom stereocenters. The maximum absolute atomic E-state index is 6.28. The summed E-state index contributed by atoms with van der Waals surface area (Å²) in [7, 11) is 0. The van der Waals surface area contributed by atoms with Crippen LogP contribution in [-0.4, -0.2) is 10.1 Å². The highest BCUT2D eigenvalue weighted by Gasteiger charge is 2.17. The molecule has 0 aliphatic heterocycles. The van der Waals surface area contributed by atoms with Gasteiger partial charge in [0.05, 0.1) is 22.3 Å². The Bertz CT molecular complexity index is 827. The van der Waals surface area contributed by atoms with E-state index in [1.807, 2.05) is 38.1 Å². The molecule has 0 radical (unpaired) electrons. The zero-order valence-electron chi connectivity index (χ0n) is 12.4. The van der Waals surface area contributed by atoms with E-state index >= 15 is 0 Å². The smallest absolute Gasteiger partial charge is 0.139 e. The Kier molecular flexibility index (Phi) is 4.10. The SMILES string of the molecule is Cc1noc(C)c1C(C)Nc1ccc2cc(Br)cc(Cl)c2n1. The second kappa shape index (κ2) is 5.89. The van der Waals surface area contributed by atoms with Gasteiger partial charge in [-0.05, 0) is 45.0 Å². The van der Waals surface area contributed by atoms with E-state index in [9.17, 15) is 0 Å². The number of halogens is 2. The van der Waals surface area contributed by atoms with Crippen LogP contribution in [0.25, 0.3) is 10.9 Å². The Morgan fingerprint density at radius 1 is 1.27 bits per heavy atom. The van der Waals surface area contributed by atoms with Crippen LogP contribution in [0.2, 0.25) is 5.02 Å².